The molecule has 0 aliphatic carbocycles. The summed E-state index contributed by atoms with van der Waals surface area (Å²) in [5.74, 6) is 0.0100. The molecule has 1 atom stereocenters. The van der Waals surface area contributed by atoms with Crippen molar-refractivity contribution in [3.8, 4) is 0 Å². The minimum absolute atomic E-state index is 0.226. The first-order valence-electron chi connectivity index (χ1n) is 8.49. The Bertz CT molecular complexity index is 722. The predicted molar refractivity (Wildman–Crippen MR) is 104 cm³/mol. The smallest absolute Gasteiger partial charge is 0.307 e. The van der Waals surface area contributed by atoms with Gasteiger partial charge in [0.15, 0.2) is 0 Å². The van der Waals surface area contributed by atoms with Gasteiger partial charge in [0, 0.05) is 23.1 Å². The average Bonchev–Trinajstić information content (AvgIpc) is 3.21. The first-order valence-corrected chi connectivity index (χ1v) is 10.2. The monoisotopic (exact) mass is 423 g/mol. The van der Waals surface area contributed by atoms with Crippen LogP contribution < -0.4 is 0 Å². The van der Waals surface area contributed by atoms with Crippen molar-refractivity contribution < 1.29 is 14.3 Å². The number of carboxylic acid groups (broad SMARTS) is 1. The van der Waals surface area contributed by atoms with Crippen LogP contribution in [0.4, 0.5) is 0 Å². The second-order valence-electron chi connectivity index (χ2n) is 6.41. The quantitative estimate of drug-likeness (QED) is 0.707. The number of furan rings is 1. The topological polar surface area (TPSA) is 53.7 Å². The van der Waals surface area contributed by atoms with Crippen molar-refractivity contribution >= 4 is 38.8 Å². The van der Waals surface area contributed by atoms with Crippen molar-refractivity contribution in [2.75, 3.05) is 19.6 Å². The second-order valence-corrected chi connectivity index (χ2v) is 8.19. The fraction of sp³-hybridized carbons (Fsp3) is 0.421. The maximum atomic E-state index is 11.2. The van der Waals surface area contributed by atoms with Crippen LogP contribution >= 0.6 is 27.3 Å². The van der Waals surface area contributed by atoms with Gasteiger partial charge in [-0.3, -0.25) is 4.79 Å². The highest BCUT2D eigenvalue weighted by molar-refractivity contribution is 9.10. The molecule has 0 aromatic carbocycles. The van der Waals surface area contributed by atoms with E-state index in [-0.39, 0.29) is 5.92 Å². The fourth-order valence-electron chi connectivity index (χ4n) is 3.27. The molecule has 3 heterocycles. The number of carboxylic acids is 1. The van der Waals surface area contributed by atoms with E-state index in [4.69, 9.17) is 4.42 Å². The molecule has 2 aromatic heterocycles. The Kier molecular flexibility index (Phi) is 6.15. The first-order chi connectivity index (χ1) is 12.1. The number of likely N-dealkylation sites (tertiary alicyclic amines) is 1. The molecule has 134 valence electrons. The van der Waals surface area contributed by atoms with E-state index in [1.165, 1.54) is 4.88 Å². The minimum Gasteiger partial charge on any atom is -0.481 e. The highest BCUT2D eigenvalue weighted by atomic mass is 79.9. The van der Waals surface area contributed by atoms with Crippen molar-refractivity contribution in [1.29, 1.82) is 0 Å². The average molecular weight is 424 g/mol. The van der Waals surface area contributed by atoms with E-state index >= 15 is 0 Å². The van der Waals surface area contributed by atoms with Crippen LogP contribution in [0.25, 0.3) is 5.57 Å². The molecule has 2 aromatic rings. The van der Waals surface area contributed by atoms with Gasteiger partial charge in [-0.2, -0.15) is 0 Å². The van der Waals surface area contributed by atoms with E-state index in [9.17, 15) is 9.90 Å². The molecule has 0 saturated carbocycles. The SMILES string of the molecule is Cc1ccoc1/C(=C\CCN1CCCC(C(=O)O)C1)c1sccc1Br. The number of piperidine rings is 1. The zero-order valence-corrected chi connectivity index (χ0v) is 16.6. The van der Waals surface area contributed by atoms with E-state index < -0.39 is 5.97 Å². The third-order valence-electron chi connectivity index (χ3n) is 4.62. The van der Waals surface area contributed by atoms with Crippen molar-refractivity contribution in [2.45, 2.75) is 26.2 Å². The van der Waals surface area contributed by atoms with E-state index in [0.29, 0.717) is 6.54 Å². The van der Waals surface area contributed by atoms with Crippen LogP contribution in [-0.2, 0) is 4.79 Å². The molecule has 0 spiro atoms. The zero-order chi connectivity index (χ0) is 17.8. The maximum absolute atomic E-state index is 11.2. The summed E-state index contributed by atoms with van der Waals surface area (Å²) in [6.45, 7) is 4.56. The molecule has 0 radical (unpaired) electrons. The molecule has 1 aliphatic heterocycles. The number of nitrogens with zero attached hydrogens (tertiary/aromatic N) is 1. The number of carbonyl (C=O) groups is 1. The number of halogens is 1. The summed E-state index contributed by atoms with van der Waals surface area (Å²) in [5, 5.41) is 11.3. The number of hydrogen-bond acceptors (Lipinski definition) is 4. The van der Waals surface area contributed by atoms with Crippen LogP contribution in [0, 0.1) is 12.8 Å². The first kappa shape index (κ1) is 18.4. The molecule has 1 N–H and O–H groups in total. The minimum atomic E-state index is -0.672. The standard InChI is InChI=1S/C19H22BrNO3S/c1-13-6-10-24-17(13)15(18-16(20)7-11-25-18)5-3-9-21-8-2-4-14(12-21)19(22)23/h5-7,10-11,14H,2-4,8-9,12H2,1H3,(H,22,23)/b15-5+. The Balaban J connectivity index is 1.73. The van der Waals surface area contributed by atoms with Gasteiger partial charge in [0.2, 0.25) is 0 Å². The lowest BCUT2D eigenvalue weighted by molar-refractivity contribution is -0.143. The number of hydrogen-bond donors (Lipinski definition) is 1. The molecular formula is C19H22BrNO3S. The molecule has 1 unspecified atom stereocenters. The van der Waals surface area contributed by atoms with Gasteiger partial charge < -0.3 is 14.4 Å². The molecule has 3 rings (SSSR count). The number of rotatable bonds is 6. The summed E-state index contributed by atoms with van der Waals surface area (Å²) in [4.78, 5) is 14.6. The maximum Gasteiger partial charge on any atom is 0.307 e. The van der Waals surface area contributed by atoms with Crippen LogP contribution in [-0.4, -0.2) is 35.6 Å². The fourth-order valence-corrected chi connectivity index (χ4v) is 4.90. The van der Waals surface area contributed by atoms with Gasteiger partial charge in [-0.25, -0.2) is 0 Å². The molecule has 1 aliphatic rings. The van der Waals surface area contributed by atoms with Crippen molar-refractivity contribution in [3.05, 3.63) is 50.5 Å². The van der Waals surface area contributed by atoms with Gasteiger partial charge in [0.05, 0.1) is 17.1 Å². The van der Waals surface area contributed by atoms with E-state index in [1.54, 1.807) is 17.6 Å². The van der Waals surface area contributed by atoms with Crippen LogP contribution in [0.3, 0.4) is 0 Å². The largest absolute Gasteiger partial charge is 0.481 e. The molecule has 1 saturated heterocycles. The summed E-state index contributed by atoms with van der Waals surface area (Å²) < 4.78 is 6.80. The Labute approximate surface area is 160 Å². The molecular weight excluding hydrogens is 402 g/mol. The van der Waals surface area contributed by atoms with Crippen molar-refractivity contribution in [2.24, 2.45) is 5.92 Å². The Morgan fingerprint density at radius 1 is 1.52 bits per heavy atom. The molecule has 6 heteroatoms. The van der Waals surface area contributed by atoms with E-state index in [2.05, 4.69) is 39.2 Å². The summed E-state index contributed by atoms with van der Waals surface area (Å²) in [7, 11) is 0. The van der Waals surface area contributed by atoms with Crippen LogP contribution in [0.2, 0.25) is 0 Å². The summed E-state index contributed by atoms with van der Waals surface area (Å²) >= 11 is 5.31. The molecule has 0 amide bonds. The Morgan fingerprint density at radius 3 is 3.00 bits per heavy atom. The van der Waals surface area contributed by atoms with Crippen LogP contribution in [0.1, 0.15) is 35.5 Å². The highest BCUT2D eigenvalue weighted by Crippen LogP contribution is 2.36. The van der Waals surface area contributed by atoms with Gasteiger partial charge in [0.25, 0.3) is 0 Å². The lowest BCUT2D eigenvalue weighted by Gasteiger charge is -2.30. The number of thiophene rings is 1. The van der Waals surface area contributed by atoms with E-state index in [0.717, 1.165) is 53.7 Å². The molecule has 25 heavy (non-hydrogen) atoms. The van der Waals surface area contributed by atoms with Crippen LogP contribution in [0.15, 0.2) is 38.7 Å². The van der Waals surface area contributed by atoms with E-state index in [1.807, 2.05) is 12.1 Å². The lowest BCUT2D eigenvalue weighted by atomic mass is 9.98. The summed E-state index contributed by atoms with van der Waals surface area (Å²) in [6.07, 6.45) is 6.56. The van der Waals surface area contributed by atoms with Gasteiger partial charge in [-0.15, -0.1) is 11.3 Å². The predicted octanol–water partition coefficient (Wildman–Crippen LogP) is 5.03. The van der Waals surface area contributed by atoms with Crippen molar-refractivity contribution in [3.63, 3.8) is 0 Å². The summed E-state index contributed by atoms with van der Waals surface area (Å²) in [6, 6.07) is 4.03. The second kappa shape index (κ2) is 8.34. The highest BCUT2D eigenvalue weighted by Gasteiger charge is 2.24. The third kappa shape index (κ3) is 4.43. The molecule has 1 fully saturated rings. The number of aliphatic carboxylic acids is 1. The lowest BCUT2D eigenvalue weighted by Crippen LogP contribution is -2.39. The van der Waals surface area contributed by atoms with Gasteiger partial charge >= 0.3 is 5.97 Å². The Hall–Kier alpha value is -1.37. The number of aryl methyl sites for hydroxylation is 1. The van der Waals surface area contributed by atoms with Crippen molar-refractivity contribution in [1.82, 2.24) is 4.90 Å². The van der Waals surface area contributed by atoms with Gasteiger partial charge in [-0.05, 0) is 71.7 Å². The Morgan fingerprint density at radius 2 is 2.36 bits per heavy atom. The van der Waals surface area contributed by atoms with Gasteiger partial charge in [-0.1, -0.05) is 6.08 Å². The van der Waals surface area contributed by atoms with Crippen LogP contribution in [0.5, 0.6) is 0 Å². The third-order valence-corrected chi connectivity index (χ3v) is 6.49. The summed E-state index contributed by atoms with van der Waals surface area (Å²) in [5.41, 5.74) is 2.23. The van der Waals surface area contributed by atoms with Gasteiger partial charge in [0.1, 0.15) is 5.76 Å². The molecule has 0 bridgehead atoms. The normalized spacial score (nSPS) is 19.3. The zero-order valence-electron chi connectivity index (χ0n) is 14.2. The molecule has 4 nitrogen and oxygen atoms in total.